The van der Waals surface area contributed by atoms with Gasteiger partial charge in [-0.25, -0.2) is 4.79 Å². The highest BCUT2D eigenvalue weighted by atomic mass is 16.6. The van der Waals surface area contributed by atoms with Crippen molar-refractivity contribution in [2.24, 2.45) is 0 Å². The Morgan fingerprint density at radius 1 is 0.974 bits per heavy atom. The molecule has 38 heavy (non-hydrogen) atoms. The van der Waals surface area contributed by atoms with Gasteiger partial charge < -0.3 is 25.4 Å². The molecule has 9 heteroatoms. The van der Waals surface area contributed by atoms with Gasteiger partial charge in [0.15, 0.2) is 6.23 Å². The highest BCUT2D eigenvalue weighted by Crippen LogP contribution is 2.28. The summed E-state index contributed by atoms with van der Waals surface area (Å²) in [6, 6.07) is 1.42. The fraction of sp³-hybridized carbons (Fsp3) is 0.552. The molecule has 1 amide bonds. The quantitative estimate of drug-likeness (QED) is 0.177. The van der Waals surface area contributed by atoms with Gasteiger partial charge in [-0.3, -0.25) is 9.36 Å². The monoisotopic (exact) mass is 529 g/mol. The van der Waals surface area contributed by atoms with Gasteiger partial charge in [0.1, 0.15) is 24.1 Å². The van der Waals surface area contributed by atoms with Crippen LogP contribution in [-0.2, 0) is 9.53 Å². The number of nitrogens with one attached hydrogen (secondary N) is 1. The predicted molar refractivity (Wildman–Crippen MR) is 149 cm³/mol. The van der Waals surface area contributed by atoms with E-state index in [-0.39, 0.29) is 18.1 Å². The van der Waals surface area contributed by atoms with Crippen LogP contribution in [0.4, 0.5) is 5.82 Å². The van der Waals surface area contributed by atoms with Crippen molar-refractivity contribution >= 4 is 11.7 Å². The zero-order chi connectivity index (χ0) is 27.6. The van der Waals surface area contributed by atoms with Gasteiger partial charge in [-0.1, -0.05) is 68.4 Å². The molecule has 1 aromatic heterocycles. The van der Waals surface area contributed by atoms with E-state index in [4.69, 9.17) is 4.74 Å². The lowest BCUT2D eigenvalue weighted by Gasteiger charge is -2.17. The van der Waals surface area contributed by atoms with Crippen LogP contribution in [-0.4, -0.2) is 55.7 Å². The number of aliphatic hydroxyl groups is 3. The van der Waals surface area contributed by atoms with E-state index in [1.807, 2.05) is 0 Å². The van der Waals surface area contributed by atoms with Crippen molar-refractivity contribution in [1.29, 1.82) is 0 Å². The normalized spacial score (nSPS) is 22.0. The zero-order valence-electron chi connectivity index (χ0n) is 22.3. The third-order valence-corrected chi connectivity index (χ3v) is 6.12. The van der Waals surface area contributed by atoms with Crippen molar-refractivity contribution in [2.75, 3.05) is 11.9 Å². The minimum atomic E-state index is -1.38. The Labute approximate surface area is 225 Å². The number of amides is 1. The van der Waals surface area contributed by atoms with Gasteiger partial charge in [0.2, 0.25) is 5.91 Å². The fourth-order valence-corrected chi connectivity index (χ4v) is 3.93. The molecule has 1 fully saturated rings. The Balaban J connectivity index is 1.59. The largest absolute Gasteiger partial charge is 0.394 e. The molecular formula is C29H43N3O6. The number of carbonyl (C=O) groups is 1. The van der Waals surface area contributed by atoms with Crippen LogP contribution in [0.3, 0.4) is 0 Å². The molecule has 0 bridgehead atoms. The predicted octanol–water partition coefficient (Wildman–Crippen LogP) is 3.94. The van der Waals surface area contributed by atoms with E-state index in [0.717, 1.165) is 30.3 Å². The molecule has 1 saturated heterocycles. The van der Waals surface area contributed by atoms with Gasteiger partial charge in [0.25, 0.3) is 0 Å². The molecule has 0 aromatic carbocycles. The molecule has 4 N–H and O–H groups in total. The first-order valence-electron chi connectivity index (χ1n) is 13.6. The SMILES string of the molecule is CCCCCC=CCC=CCC=CCC=CCCCC(=O)Nc1ccn([C@@H]2O[C@H](CO)[C@@H](O)[C@@H]2O)c(=O)n1. The number of nitrogens with zero attached hydrogens (tertiary/aromatic N) is 2. The Kier molecular flexibility index (Phi) is 15.2. The lowest BCUT2D eigenvalue weighted by molar-refractivity contribution is -0.116. The minimum absolute atomic E-state index is 0.0979. The van der Waals surface area contributed by atoms with Gasteiger partial charge >= 0.3 is 5.69 Å². The first kappa shape index (κ1) is 31.4. The number of hydrogen-bond donors (Lipinski definition) is 4. The first-order valence-corrected chi connectivity index (χ1v) is 13.6. The van der Waals surface area contributed by atoms with E-state index in [9.17, 15) is 24.9 Å². The summed E-state index contributed by atoms with van der Waals surface area (Å²) in [5.74, 6) is -0.154. The van der Waals surface area contributed by atoms with Crippen LogP contribution in [0.5, 0.6) is 0 Å². The summed E-state index contributed by atoms with van der Waals surface area (Å²) < 4.78 is 6.35. The van der Waals surface area contributed by atoms with E-state index >= 15 is 0 Å². The minimum Gasteiger partial charge on any atom is -0.394 e. The highest BCUT2D eigenvalue weighted by molar-refractivity contribution is 5.89. The molecule has 1 aliphatic heterocycles. The second-order valence-electron chi connectivity index (χ2n) is 9.26. The summed E-state index contributed by atoms with van der Waals surface area (Å²) in [4.78, 5) is 28.3. The fourth-order valence-electron chi connectivity index (χ4n) is 3.93. The van der Waals surface area contributed by atoms with Crippen molar-refractivity contribution in [3.63, 3.8) is 0 Å². The molecule has 210 valence electrons. The Bertz CT molecular complexity index is 1000. The summed E-state index contributed by atoms with van der Waals surface area (Å²) in [6.07, 6.45) is 23.2. The molecule has 0 aliphatic carbocycles. The average molecular weight is 530 g/mol. The third-order valence-electron chi connectivity index (χ3n) is 6.12. The maximum atomic E-state index is 12.3. The highest BCUT2D eigenvalue weighted by Gasteiger charge is 2.43. The Morgan fingerprint density at radius 3 is 2.13 bits per heavy atom. The van der Waals surface area contributed by atoms with Crippen LogP contribution in [0.15, 0.2) is 65.7 Å². The van der Waals surface area contributed by atoms with Gasteiger partial charge in [-0.05, 0) is 51.0 Å². The molecule has 1 aromatic rings. The van der Waals surface area contributed by atoms with Gasteiger partial charge in [-0.15, -0.1) is 0 Å². The van der Waals surface area contributed by atoms with E-state index in [1.54, 1.807) is 0 Å². The second-order valence-corrected chi connectivity index (χ2v) is 9.26. The standard InChI is InChI=1S/C29H43N3O6/c1-2-3-4-5-6-7-8-9-10-11-12-13-14-15-16-17-18-19-25(34)30-24-20-21-32(29(37)31-24)28-27(36)26(35)23(22-33)38-28/h6-7,9-10,12-13,15-16,20-21,23,26-28,33,35-36H,2-5,8,11,14,17-19,22H2,1H3,(H,30,31,34,37)/t23-,26-,27+,28-/m1/s1. The summed E-state index contributed by atoms with van der Waals surface area (Å²) in [6.45, 7) is 1.72. The third kappa shape index (κ3) is 11.3. The Hall–Kier alpha value is -2.85. The number of aromatic nitrogens is 2. The number of aliphatic hydroxyl groups excluding tert-OH is 3. The maximum absolute atomic E-state index is 12.3. The van der Waals surface area contributed by atoms with Crippen LogP contribution in [0.1, 0.15) is 77.4 Å². The smallest absolute Gasteiger partial charge is 0.351 e. The van der Waals surface area contributed by atoms with Crippen molar-refractivity contribution in [2.45, 2.75) is 95.7 Å². The molecule has 2 heterocycles. The number of allylic oxidation sites excluding steroid dienone is 8. The van der Waals surface area contributed by atoms with Crippen molar-refractivity contribution in [3.05, 3.63) is 71.4 Å². The van der Waals surface area contributed by atoms with Gasteiger partial charge in [0.05, 0.1) is 6.61 Å². The van der Waals surface area contributed by atoms with E-state index in [2.05, 4.69) is 65.8 Å². The molecule has 0 spiro atoms. The van der Waals surface area contributed by atoms with Crippen molar-refractivity contribution in [1.82, 2.24) is 9.55 Å². The van der Waals surface area contributed by atoms with Gasteiger partial charge in [0, 0.05) is 12.6 Å². The summed E-state index contributed by atoms with van der Waals surface area (Å²) in [5, 5.41) is 31.7. The Morgan fingerprint density at radius 2 is 1.58 bits per heavy atom. The van der Waals surface area contributed by atoms with Crippen molar-refractivity contribution < 1.29 is 24.9 Å². The van der Waals surface area contributed by atoms with Crippen LogP contribution in [0.2, 0.25) is 0 Å². The number of unbranched alkanes of at least 4 members (excludes halogenated alkanes) is 4. The van der Waals surface area contributed by atoms with E-state index < -0.39 is 36.8 Å². The number of ether oxygens (including phenoxy) is 1. The number of hydrogen-bond acceptors (Lipinski definition) is 7. The molecule has 0 radical (unpaired) electrons. The average Bonchev–Trinajstić information content (AvgIpc) is 3.19. The topological polar surface area (TPSA) is 134 Å². The zero-order valence-corrected chi connectivity index (χ0v) is 22.3. The maximum Gasteiger partial charge on any atom is 0.351 e. The van der Waals surface area contributed by atoms with E-state index in [0.29, 0.717) is 6.42 Å². The summed E-state index contributed by atoms with van der Waals surface area (Å²) in [7, 11) is 0. The molecule has 1 aliphatic rings. The van der Waals surface area contributed by atoms with Crippen LogP contribution >= 0.6 is 0 Å². The van der Waals surface area contributed by atoms with Crippen LogP contribution in [0.25, 0.3) is 0 Å². The van der Waals surface area contributed by atoms with Crippen LogP contribution < -0.4 is 11.0 Å². The first-order chi connectivity index (χ1) is 18.5. The number of anilines is 1. The van der Waals surface area contributed by atoms with E-state index in [1.165, 1.54) is 37.9 Å². The summed E-state index contributed by atoms with van der Waals surface area (Å²) >= 11 is 0. The lowest BCUT2D eigenvalue weighted by Crippen LogP contribution is -2.36. The molecular weight excluding hydrogens is 486 g/mol. The molecule has 9 nitrogen and oxygen atoms in total. The summed E-state index contributed by atoms with van der Waals surface area (Å²) in [5.41, 5.74) is -0.751. The van der Waals surface area contributed by atoms with Gasteiger partial charge in [-0.2, -0.15) is 4.98 Å². The number of rotatable bonds is 17. The lowest BCUT2D eigenvalue weighted by atomic mass is 10.1. The molecule has 2 rings (SSSR count). The number of carbonyl (C=O) groups excluding carboxylic acids is 1. The molecule has 0 unspecified atom stereocenters. The van der Waals surface area contributed by atoms with Crippen LogP contribution in [0, 0.1) is 0 Å². The van der Waals surface area contributed by atoms with Crippen molar-refractivity contribution in [3.8, 4) is 0 Å². The molecule has 0 saturated carbocycles. The second kappa shape index (κ2) is 18.4. The molecule has 4 atom stereocenters.